The predicted octanol–water partition coefficient (Wildman–Crippen LogP) is 3.88. The molecule has 2 amide bonds. The van der Waals surface area contributed by atoms with Crippen LogP contribution in [0.1, 0.15) is 18.1 Å². The number of thioether (sulfide) groups is 1. The van der Waals surface area contributed by atoms with Crippen molar-refractivity contribution >= 4 is 34.7 Å². The molecule has 1 fully saturated rings. The lowest BCUT2D eigenvalue weighted by molar-refractivity contribution is -0.113. The van der Waals surface area contributed by atoms with Gasteiger partial charge in [-0.15, -0.1) is 0 Å². The minimum atomic E-state index is -0.289. The van der Waals surface area contributed by atoms with Gasteiger partial charge in [0.05, 0.1) is 10.6 Å². The lowest BCUT2D eigenvalue weighted by atomic mass is 10.1. The lowest BCUT2D eigenvalue weighted by Crippen LogP contribution is -2.27. The van der Waals surface area contributed by atoms with Crippen molar-refractivity contribution in [1.82, 2.24) is 4.98 Å². The molecule has 1 aromatic heterocycles. The van der Waals surface area contributed by atoms with Gasteiger partial charge >= 0.3 is 0 Å². The monoisotopic (exact) mass is 310 g/mol. The normalized spacial score (nSPS) is 16.6. The van der Waals surface area contributed by atoms with Crippen molar-refractivity contribution in [3.63, 3.8) is 0 Å². The van der Waals surface area contributed by atoms with Crippen LogP contribution in [0.15, 0.2) is 53.7 Å². The van der Waals surface area contributed by atoms with E-state index in [9.17, 15) is 9.59 Å². The number of aryl methyl sites for hydroxylation is 1. The van der Waals surface area contributed by atoms with E-state index in [4.69, 9.17) is 0 Å². The summed E-state index contributed by atoms with van der Waals surface area (Å²) in [6.45, 7) is 2.06. The molecule has 3 rings (SSSR count). The fraction of sp³-hybridized carbons (Fsp3) is 0.118. The molecule has 0 unspecified atom stereocenters. The number of anilines is 1. The van der Waals surface area contributed by atoms with Gasteiger partial charge < -0.3 is 0 Å². The maximum Gasteiger partial charge on any atom is 0.298 e. The van der Waals surface area contributed by atoms with Gasteiger partial charge in [0.2, 0.25) is 0 Å². The molecule has 0 saturated carbocycles. The molecular formula is C17H14N2O2S. The van der Waals surface area contributed by atoms with Crippen LogP contribution in [-0.4, -0.2) is 16.1 Å². The molecule has 110 valence electrons. The van der Waals surface area contributed by atoms with Crippen LogP contribution in [0.5, 0.6) is 0 Å². The zero-order valence-corrected chi connectivity index (χ0v) is 12.8. The second-order valence-electron chi connectivity index (χ2n) is 4.82. The summed E-state index contributed by atoms with van der Waals surface area (Å²) in [6, 6.07) is 11.1. The largest absolute Gasteiger partial charge is 0.298 e. The molecule has 0 spiro atoms. The van der Waals surface area contributed by atoms with Crippen LogP contribution in [0.3, 0.4) is 0 Å². The number of carbonyl (C=O) groups excluding carboxylic acids is 2. The first-order valence-corrected chi connectivity index (χ1v) is 7.77. The Balaban J connectivity index is 1.89. The van der Waals surface area contributed by atoms with Crippen molar-refractivity contribution < 1.29 is 9.59 Å². The van der Waals surface area contributed by atoms with E-state index >= 15 is 0 Å². The molecule has 1 aliphatic heterocycles. The van der Waals surface area contributed by atoms with E-state index in [2.05, 4.69) is 11.9 Å². The molecule has 0 radical (unpaired) electrons. The maximum atomic E-state index is 12.5. The van der Waals surface area contributed by atoms with Crippen LogP contribution >= 0.6 is 11.8 Å². The van der Waals surface area contributed by atoms with Gasteiger partial charge in [-0.2, -0.15) is 0 Å². The second-order valence-corrected chi connectivity index (χ2v) is 5.82. The fourth-order valence-corrected chi connectivity index (χ4v) is 3.03. The van der Waals surface area contributed by atoms with Gasteiger partial charge in [-0.1, -0.05) is 25.1 Å². The minimum Gasteiger partial charge on any atom is -0.268 e. The third-order valence-corrected chi connectivity index (χ3v) is 4.25. The summed E-state index contributed by atoms with van der Waals surface area (Å²) >= 11 is 0.952. The van der Waals surface area contributed by atoms with Gasteiger partial charge in [-0.3, -0.25) is 14.6 Å². The SMILES string of the molecule is CCc1ccc(N2C(=O)S/C(=C\c3cccnc3)C2=O)cc1. The first kappa shape index (κ1) is 14.5. The number of rotatable bonds is 3. The van der Waals surface area contributed by atoms with E-state index in [1.165, 1.54) is 10.5 Å². The van der Waals surface area contributed by atoms with Crippen LogP contribution in [0.2, 0.25) is 0 Å². The van der Waals surface area contributed by atoms with E-state index in [0.717, 1.165) is 23.7 Å². The van der Waals surface area contributed by atoms with Crippen LogP contribution in [0.4, 0.5) is 10.5 Å². The van der Waals surface area contributed by atoms with Crippen molar-refractivity contribution in [2.75, 3.05) is 4.90 Å². The molecule has 4 nitrogen and oxygen atoms in total. The van der Waals surface area contributed by atoms with Crippen LogP contribution < -0.4 is 4.90 Å². The molecule has 0 atom stereocenters. The Kier molecular flexibility index (Phi) is 4.06. The van der Waals surface area contributed by atoms with Crippen molar-refractivity contribution in [1.29, 1.82) is 0 Å². The van der Waals surface area contributed by atoms with Crippen LogP contribution in [0.25, 0.3) is 6.08 Å². The van der Waals surface area contributed by atoms with Gasteiger partial charge in [0.25, 0.3) is 11.1 Å². The second kappa shape index (κ2) is 6.15. The number of amides is 2. The standard InChI is InChI=1S/C17H14N2O2S/c1-2-12-5-7-14(8-6-12)19-16(20)15(22-17(19)21)10-13-4-3-9-18-11-13/h3-11H,2H2,1H3/b15-10-. The number of benzene rings is 1. The van der Waals surface area contributed by atoms with E-state index in [1.54, 1.807) is 24.5 Å². The molecule has 0 N–H and O–H groups in total. The first-order chi connectivity index (χ1) is 10.7. The molecule has 0 aliphatic carbocycles. The van der Waals surface area contributed by atoms with E-state index in [1.807, 2.05) is 30.3 Å². The van der Waals surface area contributed by atoms with Crippen molar-refractivity contribution in [3.05, 3.63) is 64.8 Å². The molecular weight excluding hydrogens is 296 g/mol. The molecule has 2 heterocycles. The van der Waals surface area contributed by atoms with Gasteiger partial charge in [0.1, 0.15) is 0 Å². The highest BCUT2D eigenvalue weighted by Crippen LogP contribution is 2.35. The Morgan fingerprint density at radius 1 is 1.18 bits per heavy atom. The summed E-state index contributed by atoms with van der Waals surface area (Å²) in [6.07, 6.45) is 5.93. The van der Waals surface area contributed by atoms with E-state index in [0.29, 0.717) is 10.6 Å². The van der Waals surface area contributed by atoms with Crippen molar-refractivity contribution in [2.45, 2.75) is 13.3 Å². The zero-order valence-electron chi connectivity index (χ0n) is 12.0. The molecule has 1 aromatic carbocycles. The number of imide groups is 1. The highest BCUT2D eigenvalue weighted by Gasteiger charge is 2.36. The number of hydrogen-bond acceptors (Lipinski definition) is 4. The summed E-state index contributed by atoms with van der Waals surface area (Å²) in [7, 11) is 0. The summed E-state index contributed by atoms with van der Waals surface area (Å²) in [4.78, 5) is 30.3. The zero-order chi connectivity index (χ0) is 15.5. The lowest BCUT2D eigenvalue weighted by Gasteiger charge is -2.12. The average molecular weight is 310 g/mol. The quantitative estimate of drug-likeness (QED) is 0.807. The smallest absolute Gasteiger partial charge is 0.268 e. The third kappa shape index (κ3) is 2.80. The third-order valence-electron chi connectivity index (χ3n) is 3.38. The number of hydrogen-bond donors (Lipinski definition) is 0. The highest BCUT2D eigenvalue weighted by molar-refractivity contribution is 8.19. The highest BCUT2D eigenvalue weighted by atomic mass is 32.2. The number of carbonyl (C=O) groups is 2. The van der Waals surface area contributed by atoms with Crippen molar-refractivity contribution in [2.24, 2.45) is 0 Å². The first-order valence-electron chi connectivity index (χ1n) is 6.96. The van der Waals surface area contributed by atoms with Gasteiger partial charge in [0, 0.05) is 12.4 Å². The van der Waals surface area contributed by atoms with Crippen molar-refractivity contribution in [3.8, 4) is 0 Å². The maximum absolute atomic E-state index is 12.5. The topological polar surface area (TPSA) is 50.3 Å². The number of nitrogens with zero attached hydrogens (tertiary/aromatic N) is 2. The minimum absolute atomic E-state index is 0.274. The van der Waals surface area contributed by atoms with Crippen LogP contribution in [0, 0.1) is 0 Å². The molecule has 1 aliphatic rings. The summed E-state index contributed by atoms with van der Waals surface area (Å²) in [5, 5.41) is -0.274. The van der Waals surface area contributed by atoms with E-state index < -0.39 is 0 Å². The summed E-state index contributed by atoms with van der Waals surface area (Å²) < 4.78 is 0. The fourth-order valence-electron chi connectivity index (χ4n) is 2.18. The molecule has 22 heavy (non-hydrogen) atoms. The summed E-state index contributed by atoms with van der Waals surface area (Å²) in [5.41, 5.74) is 2.57. The number of aromatic nitrogens is 1. The van der Waals surface area contributed by atoms with E-state index in [-0.39, 0.29) is 11.1 Å². The van der Waals surface area contributed by atoms with Gasteiger partial charge in [-0.05, 0) is 53.6 Å². The van der Waals surface area contributed by atoms with Gasteiger partial charge in [0.15, 0.2) is 0 Å². The Labute approximate surface area is 132 Å². The Morgan fingerprint density at radius 3 is 2.59 bits per heavy atom. The molecule has 2 aromatic rings. The molecule has 5 heteroatoms. The summed E-state index contributed by atoms with van der Waals surface area (Å²) in [5.74, 6) is -0.289. The number of pyridine rings is 1. The Morgan fingerprint density at radius 2 is 1.95 bits per heavy atom. The molecule has 1 saturated heterocycles. The molecule has 0 bridgehead atoms. The van der Waals surface area contributed by atoms with Crippen LogP contribution in [-0.2, 0) is 11.2 Å². The van der Waals surface area contributed by atoms with Gasteiger partial charge in [-0.25, -0.2) is 4.90 Å². The predicted molar refractivity (Wildman–Crippen MR) is 88.5 cm³/mol. The Bertz CT molecular complexity index is 739. The Hall–Kier alpha value is -2.40. The average Bonchev–Trinajstić information content (AvgIpc) is 2.82.